The molecule has 0 aliphatic rings. The molecule has 326 valence electrons. The van der Waals surface area contributed by atoms with Gasteiger partial charge in [0.25, 0.3) is 0 Å². The quantitative estimate of drug-likeness (QED) is 0.0481. The molecule has 0 aliphatic carbocycles. The highest BCUT2D eigenvalue weighted by atomic mass is 14.8. The molecule has 0 aromatic rings. The lowest BCUT2D eigenvalue weighted by atomic mass is 10.0. The Morgan fingerprint density at radius 1 is 0.218 bits per heavy atom. The molecule has 0 aromatic heterocycles. The van der Waals surface area contributed by atoms with E-state index in [4.69, 9.17) is 0 Å². The maximum Gasteiger partial charge on any atom is 0.00989 e. The Morgan fingerprint density at radius 3 is 0.618 bits per heavy atom. The van der Waals surface area contributed by atoms with E-state index >= 15 is 0 Å². The lowest BCUT2D eigenvalue weighted by Gasteiger charge is -2.06. The highest BCUT2D eigenvalue weighted by molar-refractivity contribution is 5.25. The third-order valence-electron chi connectivity index (χ3n) is 11.5. The van der Waals surface area contributed by atoms with Gasteiger partial charge in [0.2, 0.25) is 0 Å². The maximum absolute atomic E-state index is 3.67. The Bertz CT molecular complexity index is 698. The normalized spacial score (nSPS) is 10.8. The standard InChI is InChI=1S/C32H67N.C22H38/c1-3-5-7-9-11-13-15-17-19-21-23-25-27-29-31-33-32-30-28-26-24-22-20-18-16-14-12-10-8-6-4-2;1-3-5-7-9-11-13-15-17-19-21-22-20-18-16-14-12-10-8-6-4-2/h33H,3-32H2,1-2H3;3-18H2,1-2H3. The van der Waals surface area contributed by atoms with Crippen molar-refractivity contribution in [2.45, 2.75) is 310 Å². The van der Waals surface area contributed by atoms with Crippen LogP contribution in [0.5, 0.6) is 0 Å². The van der Waals surface area contributed by atoms with Gasteiger partial charge >= 0.3 is 0 Å². The van der Waals surface area contributed by atoms with Crippen LogP contribution in [0.3, 0.4) is 0 Å². The molecular weight excluding hydrogens is 663 g/mol. The monoisotopic (exact) mass is 768 g/mol. The first-order chi connectivity index (χ1) is 27.3. The highest BCUT2D eigenvalue weighted by Crippen LogP contribution is 2.15. The van der Waals surface area contributed by atoms with Crippen molar-refractivity contribution >= 4 is 0 Å². The lowest BCUT2D eigenvalue weighted by Crippen LogP contribution is -2.16. The summed E-state index contributed by atoms with van der Waals surface area (Å²) in [6, 6.07) is 0. The molecule has 0 aromatic carbocycles. The molecule has 1 N–H and O–H groups in total. The molecule has 0 bridgehead atoms. The molecule has 0 unspecified atom stereocenters. The second kappa shape index (κ2) is 57.4. The van der Waals surface area contributed by atoms with Gasteiger partial charge in [-0.3, -0.25) is 0 Å². The van der Waals surface area contributed by atoms with Crippen molar-refractivity contribution in [1.82, 2.24) is 5.32 Å². The number of rotatable bonds is 44. The van der Waals surface area contributed by atoms with Gasteiger partial charge in [-0.2, -0.15) is 0 Å². The SMILES string of the molecule is CCCCCCCCCC#CC#CCCCCCCCCC.CCCCCCCCCCCCCCCCNCCCCCCCCCCCCCCCC. The van der Waals surface area contributed by atoms with Crippen LogP contribution in [0, 0.1) is 23.7 Å². The van der Waals surface area contributed by atoms with Gasteiger partial charge in [0, 0.05) is 12.8 Å². The van der Waals surface area contributed by atoms with Crippen LogP contribution in [0.1, 0.15) is 310 Å². The molecule has 0 saturated heterocycles. The van der Waals surface area contributed by atoms with Gasteiger partial charge in [-0.15, -0.1) is 0 Å². The summed E-state index contributed by atoms with van der Waals surface area (Å²) < 4.78 is 0. The van der Waals surface area contributed by atoms with Crippen molar-refractivity contribution < 1.29 is 0 Å². The average molecular weight is 768 g/mol. The average Bonchev–Trinajstić information content (AvgIpc) is 3.20. The molecular formula is C54H105N. The summed E-state index contributed by atoms with van der Waals surface area (Å²) in [6.07, 6.45) is 61.8. The topological polar surface area (TPSA) is 12.0 Å². The summed E-state index contributed by atoms with van der Waals surface area (Å²) in [4.78, 5) is 0. The molecule has 0 heterocycles. The predicted molar refractivity (Wildman–Crippen MR) is 254 cm³/mol. The van der Waals surface area contributed by atoms with E-state index in [1.165, 1.54) is 283 Å². The third-order valence-corrected chi connectivity index (χ3v) is 11.5. The molecule has 0 fully saturated rings. The molecule has 0 atom stereocenters. The molecule has 0 aliphatic heterocycles. The molecule has 0 spiro atoms. The van der Waals surface area contributed by atoms with Crippen molar-refractivity contribution in [2.24, 2.45) is 0 Å². The van der Waals surface area contributed by atoms with Crippen LogP contribution in [0.2, 0.25) is 0 Å². The molecule has 0 rings (SSSR count). The number of hydrogen-bond acceptors (Lipinski definition) is 1. The van der Waals surface area contributed by atoms with E-state index in [2.05, 4.69) is 56.7 Å². The molecule has 1 heteroatoms. The van der Waals surface area contributed by atoms with Gasteiger partial charge in [0.15, 0.2) is 0 Å². The van der Waals surface area contributed by atoms with Gasteiger partial charge in [-0.25, -0.2) is 0 Å². The van der Waals surface area contributed by atoms with E-state index in [0.29, 0.717) is 0 Å². The van der Waals surface area contributed by atoms with Crippen LogP contribution in [-0.2, 0) is 0 Å². The summed E-state index contributed by atoms with van der Waals surface area (Å²) in [5.41, 5.74) is 0. The first-order valence-electron chi connectivity index (χ1n) is 26.0. The second-order valence-corrected chi connectivity index (χ2v) is 17.3. The number of unbranched alkanes of at least 4 members (excludes halogenated alkanes) is 40. The second-order valence-electron chi connectivity index (χ2n) is 17.3. The Balaban J connectivity index is 0. The Labute approximate surface area is 351 Å². The van der Waals surface area contributed by atoms with Crippen LogP contribution in [-0.4, -0.2) is 13.1 Å². The van der Waals surface area contributed by atoms with Crippen LogP contribution >= 0.6 is 0 Å². The van der Waals surface area contributed by atoms with Gasteiger partial charge in [-0.05, 0) is 50.6 Å². The van der Waals surface area contributed by atoms with E-state index < -0.39 is 0 Å². The zero-order chi connectivity index (χ0) is 40.1. The summed E-state index contributed by atoms with van der Waals surface area (Å²) >= 11 is 0. The third kappa shape index (κ3) is 59.9. The molecule has 0 radical (unpaired) electrons. The smallest absolute Gasteiger partial charge is 0.00989 e. The first kappa shape index (κ1) is 56.2. The van der Waals surface area contributed by atoms with E-state index in [-0.39, 0.29) is 0 Å². The summed E-state index contributed by atoms with van der Waals surface area (Å²) in [7, 11) is 0. The summed E-state index contributed by atoms with van der Waals surface area (Å²) in [5.74, 6) is 12.4. The number of hydrogen-bond donors (Lipinski definition) is 1. The fourth-order valence-electron chi connectivity index (χ4n) is 7.57. The van der Waals surface area contributed by atoms with Gasteiger partial charge in [0.05, 0.1) is 0 Å². The lowest BCUT2D eigenvalue weighted by molar-refractivity contribution is 0.518. The van der Waals surface area contributed by atoms with Crippen molar-refractivity contribution in [3.8, 4) is 23.7 Å². The Hall–Kier alpha value is -0.920. The molecule has 0 saturated carbocycles. The van der Waals surface area contributed by atoms with Gasteiger partial charge < -0.3 is 5.32 Å². The van der Waals surface area contributed by atoms with Crippen LogP contribution in [0.4, 0.5) is 0 Å². The molecule has 0 amide bonds. The maximum atomic E-state index is 3.67. The zero-order valence-corrected chi connectivity index (χ0v) is 39.0. The van der Waals surface area contributed by atoms with E-state index in [0.717, 1.165) is 12.8 Å². The summed E-state index contributed by atoms with van der Waals surface area (Å²) in [6.45, 7) is 11.6. The van der Waals surface area contributed by atoms with Crippen molar-refractivity contribution in [2.75, 3.05) is 13.1 Å². The molecule has 55 heavy (non-hydrogen) atoms. The largest absolute Gasteiger partial charge is 0.317 e. The van der Waals surface area contributed by atoms with Crippen LogP contribution in [0.25, 0.3) is 0 Å². The van der Waals surface area contributed by atoms with Gasteiger partial charge in [-0.1, -0.05) is 284 Å². The highest BCUT2D eigenvalue weighted by Gasteiger charge is 1.97. The fraction of sp³-hybridized carbons (Fsp3) is 0.926. The Morgan fingerprint density at radius 2 is 0.400 bits per heavy atom. The predicted octanol–water partition coefficient (Wildman–Crippen LogP) is 18.8. The van der Waals surface area contributed by atoms with Crippen molar-refractivity contribution in [1.29, 1.82) is 0 Å². The minimum Gasteiger partial charge on any atom is -0.317 e. The zero-order valence-electron chi connectivity index (χ0n) is 39.0. The summed E-state index contributed by atoms with van der Waals surface area (Å²) in [5, 5.41) is 3.67. The van der Waals surface area contributed by atoms with Crippen LogP contribution < -0.4 is 5.32 Å². The van der Waals surface area contributed by atoms with Gasteiger partial charge in [0.1, 0.15) is 0 Å². The minimum absolute atomic E-state index is 1.03. The fourth-order valence-corrected chi connectivity index (χ4v) is 7.57. The molecule has 1 nitrogen and oxygen atoms in total. The van der Waals surface area contributed by atoms with E-state index in [9.17, 15) is 0 Å². The Kier molecular flexibility index (Phi) is 58.6. The van der Waals surface area contributed by atoms with Crippen molar-refractivity contribution in [3.05, 3.63) is 0 Å². The van der Waals surface area contributed by atoms with E-state index in [1.54, 1.807) is 0 Å². The van der Waals surface area contributed by atoms with Crippen molar-refractivity contribution in [3.63, 3.8) is 0 Å². The first-order valence-corrected chi connectivity index (χ1v) is 26.0. The minimum atomic E-state index is 1.03. The number of nitrogens with one attached hydrogen (secondary N) is 1. The van der Waals surface area contributed by atoms with Crippen LogP contribution in [0.15, 0.2) is 0 Å². The van der Waals surface area contributed by atoms with E-state index in [1.807, 2.05) is 0 Å².